The van der Waals surface area contributed by atoms with Crippen molar-refractivity contribution in [2.45, 2.75) is 216 Å². The first-order valence-corrected chi connectivity index (χ1v) is 25.5. The predicted molar refractivity (Wildman–Crippen MR) is 245 cm³/mol. The highest BCUT2D eigenvalue weighted by atomic mass is 35.5. The summed E-state index contributed by atoms with van der Waals surface area (Å²) in [5, 5.41) is 0. The number of halogens is 1. The Morgan fingerprint density at radius 3 is 2.05 bits per heavy atom. The molecule has 12 atom stereocenters. The molecular formula is C52H91ClO7. The van der Waals surface area contributed by atoms with Crippen LogP contribution < -0.4 is 0 Å². The van der Waals surface area contributed by atoms with Crippen LogP contribution >= 0.6 is 11.6 Å². The van der Waals surface area contributed by atoms with E-state index in [9.17, 15) is 4.79 Å². The second kappa shape index (κ2) is 21.5. The molecule has 5 unspecified atom stereocenters. The summed E-state index contributed by atoms with van der Waals surface area (Å²) in [7, 11) is 1.61. The van der Waals surface area contributed by atoms with Gasteiger partial charge in [0.05, 0.1) is 31.3 Å². The molecule has 1 aliphatic heterocycles. The Labute approximate surface area is 373 Å². The fraction of sp³-hybridized carbons (Fsp3) is 0.942. The Balaban J connectivity index is 0.000000545. The van der Waals surface area contributed by atoms with Gasteiger partial charge in [-0.3, -0.25) is 4.79 Å². The molecule has 5 fully saturated rings. The molecule has 1 saturated heterocycles. The number of unbranched alkanes of at least 4 members (excludes halogenated alkanes) is 10. The van der Waals surface area contributed by atoms with E-state index in [2.05, 4.69) is 75.3 Å². The number of rotatable bonds is 19. The van der Waals surface area contributed by atoms with Gasteiger partial charge in [0.15, 0.2) is 5.79 Å². The molecule has 0 spiro atoms. The number of ether oxygens (including phenoxy) is 6. The lowest BCUT2D eigenvalue weighted by Gasteiger charge is -2.72. The molecule has 60 heavy (non-hydrogen) atoms. The number of esters is 1. The Bertz CT molecular complexity index is 1380. The molecule has 6 rings (SSSR count). The van der Waals surface area contributed by atoms with Gasteiger partial charge in [0.25, 0.3) is 0 Å². The summed E-state index contributed by atoms with van der Waals surface area (Å²) in [6.45, 7) is 26.3. The topological polar surface area (TPSA) is 72.5 Å². The third-order valence-corrected chi connectivity index (χ3v) is 18.3. The van der Waals surface area contributed by atoms with E-state index in [1.54, 1.807) is 12.7 Å². The zero-order chi connectivity index (χ0) is 43.8. The number of hydrogen-bond donors (Lipinski definition) is 0. The molecule has 0 aromatic carbocycles. The van der Waals surface area contributed by atoms with Gasteiger partial charge < -0.3 is 28.4 Å². The largest absolute Gasteiger partial charge is 0.469 e. The average Bonchev–Trinajstić information content (AvgIpc) is 3.21. The fourth-order valence-corrected chi connectivity index (χ4v) is 14.5. The summed E-state index contributed by atoms with van der Waals surface area (Å²) in [5.74, 6) is 1.74. The van der Waals surface area contributed by atoms with E-state index in [0.29, 0.717) is 43.1 Å². The van der Waals surface area contributed by atoms with Gasteiger partial charge in [0.1, 0.15) is 12.9 Å². The van der Waals surface area contributed by atoms with Crippen molar-refractivity contribution in [1.29, 1.82) is 0 Å². The quantitative estimate of drug-likeness (QED) is 0.0421. The average molecular weight is 864 g/mol. The first-order chi connectivity index (χ1) is 28.5. The molecule has 8 heteroatoms. The van der Waals surface area contributed by atoms with Crippen molar-refractivity contribution in [3.05, 3.63) is 11.6 Å². The summed E-state index contributed by atoms with van der Waals surface area (Å²) in [5.41, 5.74) is 1.31. The molecule has 348 valence electrons. The number of carbonyl (C=O) groups is 1. The lowest BCUT2D eigenvalue weighted by Crippen LogP contribution is -2.71. The number of allylic oxidation sites excluding steroid dienone is 2. The van der Waals surface area contributed by atoms with Crippen molar-refractivity contribution in [1.82, 2.24) is 0 Å². The van der Waals surface area contributed by atoms with Gasteiger partial charge >= 0.3 is 5.97 Å². The second-order valence-electron chi connectivity index (χ2n) is 22.0. The molecule has 0 aromatic heterocycles. The summed E-state index contributed by atoms with van der Waals surface area (Å²) in [6, 6.07) is 0.342. The summed E-state index contributed by atoms with van der Waals surface area (Å²) < 4.78 is 36.9. The monoisotopic (exact) mass is 863 g/mol. The molecule has 5 aliphatic carbocycles. The van der Waals surface area contributed by atoms with E-state index >= 15 is 0 Å². The second-order valence-corrected chi connectivity index (χ2v) is 22.2. The van der Waals surface area contributed by atoms with Crippen LogP contribution in [0.1, 0.15) is 198 Å². The van der Waals surface area contributed by atoms with Crippen molar-refractivity contribution in [3.63, 3.8) is 0 Å². The Hall–Kier alpha value is -0.700. The third kappa shape index (κ3) is 10.1. The maximum atomic E-state index is 13.7. The molecule has 7 nitrogen and oxygen atoms in total. The molecular weight excluding hydrogens is 772 g/mol. The third-order valence-electron chi connectivity index (χ3n) is 18.1. The van der Waals surface area contributed by atoms with Crippen LogP contribution in [0.3, 0.4) is 0 Å². The highest BCUT2D eigenvalue weighted by Gasteiger charge is 2.72. The van der Waals surface area contributed by atoms with E-state index in [4.69, 9.17) is 40.0 Å². The smallest absolute Gasteiger partial charge is 0.312 e. The van der Waals surface area contributed by atoms with E-state index < -0.39 is 5.79 Å². The van der Waals surface area contributed by atoms with Gasteiger partial charge in [-0.05, 0) is 124 Å². The first-order valence-electron chi connectivity index (χ1n) is 25.0. The van der Waals surface area contributed by atoms with Crippen molar-refractivity contribution < 1.29 is 33.2 Å². The minimum Gasteiger partial charge on any atom is -0.469 e. The van der Waals surface area contributed by atoms with Gasteiger partial charge in [0, 0.05) is 18.6 Å². The van der Waals surface area contributed by atoms with E-state index in [-0.39, 0.29) is 51.2 Å². The zero-order valence-corrected chi connectivity index (χ0v) is 41.3. The van der Waals surface area contributed by atoms with Gasteiger partial charge in [-0.25, -0.2) is 0 Å². The minimum absolute atomic E-state index is 0.0264. The minimum atomic E-state index is -0.625. The van der Waals surface area contributed by atoms with Crippen LogP contribution in [0.4, 0.5) is 0 Å². The maximum Gasteiger partial charge on any atom is 0.312 e. The van der Waals surface area contributed by atoms with E-state index in [1.165, 1.54) is 77.0 Å². The summed E-state index contributed by atoms with van der Waals surface area (Å²) in [6.07, 6.45) is 26.5. The van der Waals surface area contributed by atoms with E-state index in [0.717, 1.165) is 64.6 Å². The van der Waals surface area contributed by atoms with E-state index in [1.807, 2.05) is 0 Å². The highest BCUT2D eigenvalue weighted by Crippen LogP contribution is 2.76. The van der Waals surface area contributed by atoms with Crippen LogP contribution in [-0.2, 0) is 33.2 Å². The molecule has 0 aromatic rings. The van der Waals surface area contributed by atoms with Crippen LogP contribution in [0.5, 0.6) is 0 Å². The Morgan fingerprint density at radius 2 is 1.42 bits per heavy atom. The fourth-order valence-electron chi connectivity index (χ4n) is 14.4. The number of hydrogen-bond acceptors (Lipinski definition) is 7. The molecule has 6 aliphatic rings. The summed E-state index contributed by atoms with van der Waals surface area (Å²) in [4.78, 5) is 13.7. The number of carbonyl (C=O) groups excluding carboxylic acids is 1. The van der Waals surface area contributed by atoms with Gasteiger partial charge in [0.2, 0.25) is 0 Å². The number of alkyl halides is 1. The Morgan fingerprint density at radius 1 is 0.783 bits per heavy atom. The molecule has 0 radical (unpaired) electrons. The predicted octanol–water partition coefficient (Wildman–Crippen LogP) is 13.8. The Kier molecular flexibility index (Phi) is 18.0. The van der Waals surface area contributed by atoms with Gasteiger partial charge in [-0.1, -0.05) is 143 Å². The molecule has 0 amide bonds. The summed E-state index contributed by atoms with van der Waals surface area (Å²) >= 11 is 5.34. The highest BCUT2D eigenvalue weighted by molar-refractivity contribution is 6.17. The molecule has 0 bridgehead atoms. The van der Waals surface area contributed by atoms with Crippen LogP contribution in [0.15, 0.2) is 11.6 Å². The van der Waals surface area contributed by atoms with Crippen molar-refractivity contribution in [2.75, 3.05) is 39.8 Å². The van der Waals surface area contributed by atoms with Crippen LogP contribution in [-0.4, -0.2) is 63.8 Å². The first kappa shape index (κ1) is 50.3. The van der Waals surface area contributed by atoms with Crippen LogP contribution in [0.2, 0.25) is 0 Å². The maximum absolute atomic E-state index is 13.7. The normalized spacial score (nSPS) is 40.3. The number of fused-ring (bicyclic) bond motifs is 9. The molecule has 0 N–H and O–H groups in total. The van der Waals surface area contributed by atoms with Crippen molar-refractivity contribution in [2.24, 2.45) is 56.7 Å². The van der Waals surface area contributed by atoms with Crippen LogP contribution in [0, 0.1) is 56.7 Å². The number of methoxy groups -OCH3 is 1. The standard InChI is InChI=1S/C43H72O6.C9H19ClO/c1-11-12-13-14-15-16-25-46-28-47-32-26-39(6)33(40(7)27-48-38(4,5)49-36(32)40)20-21-42(9)34(39)18-17-31-35-30(3)29(2)19-22-43(35,37(44)45-10)24-23-41(31,42)8;1-2-3-4-5-6-7-8-11-9-10/h17,29-30,32-36H,11-16,18-28H2,1-10H3;2-9H2,1H3/t29-,30+,32?,33?,34?,35?,36?,39+,40-,41-,42-,43+;/m1./s1. The molecule has 4 saturated carbocycles. The van der Waals surface area contributed by atoms with Crippen LogP contribution in [0.25, 0.3) is 0 Å². The van der Waals surface area contributed by atoms with Gasteiger partial charge in [-0.15, -0.1) is 0 Å². The molecule has 1 heterocycles. The van der Waals surface area contributed by atoms with Gasteiger partial charge in [-0.2, -0.15) is 0 Å². The van der Waals surface area contributed by atoms with Crippen molar-refractivity contribution in [3.8, 4) is 0 Å². The SMILES string of the molecule is CCCCCCCCOCCl.CCCCCCCCOCOC1C[C@@]2(C)C(CC[C@]3(C)C2CC=C2C4[C@@H](C)[C@H](C)CC[C@]4(C(=O)OC)CC[C@]23C)[C@@]2(C)COC(C)(C)OC12. The lowest BCUT2D eigenvalue weighted by atomic mass is 9.33. The lowest BCUT2D eigenvalue weighted by molar-refractivity contribution is -0.375. The zero-order valence-electron chi connectivity index (χ0n) is 40.5. The van der Waals surface area contributed by atoms with Crippen molar-refractivity contribution >= 4 is 17.6 Å².